The van der Waals surface area contributed by atoms with E-state index in [1.54, 1.807) is 18.2 Å². The van der Waals surface area contributed by atoms with Crippen LogP contribution < -0.4 is 5.32 Å². The second kappa shape index (κ2) is 5.32. The van der Waals surface area contributed by atoms with E-state index in [9.17, 15) is 18.0 Å². The number of nitrogens with one attached hydrogen (secondary N) is 1. The van der Waals surface area contributed by atoms with Crippen LogP contribution >= 0.6 is 15.9 Å². The third-order valence-corrected chi connectivity index (χ3v) is 5.61. The van der Waals surface area contributed by atoms with Crippen LogP contribution in [0.1, 0.15) is 10.4 Å². The molecule has 1 saturated heterocycles. The van der Waals surface area contributed by atoms with Crippen LogP contribution in [0.15, 0.2) is 22.7 Å². The fourth-order valence-corrected chi connectivity index (χ4v) is 3.89. The molecule has 0 aliphatic carbocycles. The van der Waals surface area contributed by atoms with Crippen molar-refractivity contribution in [2.75, 3.05) is 31.2 Å². The fraction of sp³-hybridized carbons (Fsp3) is 0.385. The minimum absolute atomic E-state index is 0.0223. The van der Waals surface area contributed by atoms with Gasteiger partial charge in [0.05, 0.1) is 17.5 Å². The number of sulfonamides is 1. The Morgan fingerprint density at radius 2 is 2.00 bits per heavy atom. The monoisotopic (exact) mass is 387 g/mol. The lowest BCUT2D eigenvalue weighted by Gasteiger charge is -2.38. The summed E-state index contributed by atoms with van der Waals surface area (Å²) in [5.41, 5.74) is 0.844. The van der Waals surface area contributed by atoms with Gasteiger partial charge >= 0.3 is 0 Å². The van der Waals surface area contributed by atoms with Gasteiger partial charge in [0.25, 0.3) is 5.91 Å². The average Bonchev–Trinajstić information content (AvgIpc) is 2.55. The Morgan fingerprint density at radius 3 is 2.68 bits per heavy atom. The molecule has 1 atom stereocenters. The number of rotatable bonds is 1. The maximum atomic E-state index is 12.7. The maximum Gasteiger partial charge on any atom is 0.256 e. The molecule has 1 N–H and O–H groups in total. The summed E-state index contributed by atoms with van der Waals surface area (Å²) in [6.07, 6.45) is 1.10. The van der Waals surface area contributed by atoms with Gasteiger partial charge in [-0.15, -0.1) is 0 Å². The molecule has 2 heterocycles. The summed E-state index contributed by atoms with van der Waals surface area (Å²) >= 11 is 3.31. The molecule has 0 unspecified atom stereocenters. The van der Waals surface area contributed by atoms with E-state index in [2.05, 4.69) is 21.2 Å². The topological polar surface area (TPSA) is 86.8 Å². The highest BCUT2D eigenvalue weighted by molar-refractivity contribution is 9.10. The molecular formula is C13H14BrN3O4S. The molecule has 0 spiro atoms. The van der Waals surface area contributed by atoms with Gasteiger partial charge in [0.1, 0.15) is 6.04 Å². The number of piperazine rings is 1. The van der Waals surface area contributed by atoms with Crippen molar-refractivity contribution in [3.8, 4) is 0 Å². The second-order valence-electron chi connectivity index (χ2n) is 5.31. The number of fused-ring (bicyclic) bond motifs is 2. The van der Waals surface area contributed by atoms with Crippen LogP contribution in [0.3, 0.4) is 0 Å². The number of anilines is 1. The number of carbonyl (C=O) groups is 2. The van der Waals surface area contributed by atoms with Crippen LogP contribution in [0.4, 0.5) is 5.69 Å². The number of carbonyl (C=O) groups excluding carboxylic acids is 2. The third-order valence-electron chi connectivity index (χ3n) is 3.85. The van der Waals surface area contributed by atoms with E-state index in [0.717, 1.165) is 10.7 Å². The van der Waals surface area contributed by atoms with Crippen molar-refractivity contribution < 1.29 is 18.0 Å². The summed E-state index contributed by atoms with van der Waals surface area (Å²) in [6, 6.07) is 4.23. The predicted octanol–water partition coefficient (Wildman–Crippen LogP) is 0.487. The Balaban J connectivity index is 1.99. The zero-order valence-electron chi connectivity index (χ0n) is 11.7. The van der Waals surface area contributed by atoms with Crippen LogP contribution in [0.5, 0.6) is 0 Å². The maximum absolute atomic E-state index is 12.7. The van der Waals surface area contributed by atoms with Gasteiger partial charge in [0.15, 0.2) is 0 Å². The summed E-state index contributed by atoms with van der Waals surface area (Å²) in [7, 11) is -3.40. The van der Waals surface area contributed by atoms with Crippen LogP contribution in [0, 0.1) is 0 Å². The normalized spacial score (nSPS) is 22.6. The van der Waals surface area contributed by atoms with Gasteiger partial charge in [-0.3, -0.25) is 9.59 Å². The molecule has 2 aliphatic heterocycles. The standard InChI is InChI=1S/C13H14BrN3O4S/c1-22(20,21)16-4-5-17-11(7-16)12(18)15-10-3-2-8(14)6-9(10)13(17)19/h2-3,6,11H,4-5,7H2,1H3,(H,15,18)/t11-/m0/s1. The summed E-state index contributed by atoms with van der Waals surface area (Å²) in [4.78, 5) is 26.5. The largest absolute Gasteiger partial charge is 0.324 e. The van der Waals surface area contributed by atoms with Crippen molar-refractivity contribution in [3.05, 3.63) is 28.2 Å². The van der Waals surface area contributed by atoms with Crippen molar-refractivity contribution >= 4 is 43.5 Å². The van der Waals surface area contributed by atoms with Gasteiger partial charge in [-0.05, 0) is 18.2 Å². The second-order valence-corrected chi connectivity index (χ2v) is 8.21. The molecule has 3 rings (SSSR count). The molecule has 118 valence electrons. The average molecular weight is 388 g/mol. The van der Waals surface area contributed by atoms with Gasteiger partial charge in [-0.25, -0.2) is 8.42 Å². The molecule has 0 bridgehead atoms. The minimum atomic E-state index is -3.40. The molecule has 0 radical (unpaired) electrons. The highest BCUT2D eigenvalue weighted by atomic mass is 79.9. The zero-order valence-corrected chi connectivity index (χ0v) is 14.1. The summed E-state index contributed by atoms with van der Waals surface area (Å²) in [6.45, 7) is 0.360. The molecule has 2 amide bonds. The number of hydrogen-bond acceptors (Lipinski definition) is 4. The van der Waals surface area contributed by atoms with Crippen LogP contribution in [-0.2, 0) is 14.8 Å². The third kappa shape index (κ3) is 2.64. The number of benzene rings is 1. The number of hydrogen-bond donors (Lipinski definition) is 1. The smallest absolute Gasteiger partial charge is 0.256 e. The fourth-order valence-electron chi connectivity index (χ4n) is 2.70. The zero-order chi connectivity index (χ0) is 16.1. The first-order valence-corrected chi connectivity index (χ1v) is 9.28. The van der Waals surface area contributed by atoms with E-state index in [4.69, 9.17) is 0 Å². The lowest BCUT2D eigenvalue weighted by atomic mass is 10.1. The number of amides is 2. The molecule has 7 nitrogen and oxygen atoms in total. The van der Waals surface area contributed by atoms with Gasteiger partial charge in [-0.1, -0.05) is 15.9 Å². The summed E-state index contributed by atoms with van der Waals surface area (Å²) in [5.74, 6) is -0.643. The predicted molar refractivity (Wildman–Crippen MR) is 84.0 cm³/mol. The van der Waals surface area contributed by atoms with Gasteiger partial charge < -0.3 is 10.2 Å². The Labute approximate surface area is 136 Å². The molecule has 1 aromatic rings. The molecule has 2 aliphatic rings. The van der Waals surface area contributed by atoms with E-state index in [1.807, 2.05) is 0 Å². The molecule has 1 aromatic carbocycles. The molecule has 9 heteroatoms. The van der Waals surface area contributed by atoms with Crippen molar-refractivity contribution in [1.29, 1.82) is 0 Å². The van der Waals surface area contributed by atoms with E-state index in [1.165, 1.54) is 9.21 Å². The number of halogens is 1. The first kappa shape index (κ1) is 15.4. The summed E-state index contributed by atoms with van der Waals surface area (Å²) < 4.78 is 25.3. The number of nitrogens with zero attached hydrogens (tertiary/aromatic N) is 2. The quantitative estimate of drug-likeness (QED) is 0.759. The molecule has 0 aromatic heterocycles. The molecule has 22 heavy (non-hydrogen) atoms. The summed E-state index contributed by atoms with van der Waals surface area (Å²) in [5, 5.41) is 2.71. The van der Waals surface area contributed by atoms with Gasteiger partial charge in [0, 0.05) is 24.1 Å². The van der Waals surface area contributed by atoms with Crippen molar-refractivity contribution in [1.82, 2.24) is 9.21 Å². The molecule has 0 saturated carbocycles. The van der Waals surface area contributed by atoms with E-state index in [0.29, 0.717) is 11.3 Å². The minimum Gasteiger partial charge on any atom is -0.324 e. The van der Waals surface area contributed by atoms with Gasteiger partial charge in [0.2, 0.25) is 15.9 Å². The Morgan fingerprint density at radius 1 is 1.27 bits per heavy atom. The molecule has 1 fully saturated rings. The first-order valence-electron chi connectivity index (χ1n) is 6.64. The molecular weight excluding hydrogens is 374 g/mol. The Hall–Kier alpha value is -1.45. The van der Waals surface area contributed by atoms with Crippen molar-refractivity contribution in [2.45, 2.75) is 6.04 Å². The van der Waals surface area contributed by atoms with E-state index in [-0.39, 0.29) is 31.4 Å². The van der Waals surface area contributed by atoms with E-state index >= 15 is 0 Å². The highest BCUT2D eigenvalue weighted by Gasteiger charge is 2.41. The SMILES string of the molecule is CS(=O)(=O)N1CCN2C(=O)c3cc(Br)ccc3NC(=O)[C@@H]2C1. The van der Waals surface area contributed by atoms with Crippen LogP contribution in [0.25, 0.3) is 0 Å². The Kier molecular flexibility index (Phi) is 3.74. The lowest BCUT2D eigenvalue weighted by Crippen LogP contribution is -2.59. The van der Waals surface area contributed by atoms with E-state index < -0.39 is 16.1 Å². The first-order chi connectivity index (χ1) is 10.3. The van der Waals surface area contributed by atoms with Gasteiger partial charge in [-0.2, -0.15) is 4.31 Å². The highest BCUT2D eigenvalue weighted by Crippen LogP contribution is 2.28. The van der Waals surface area contributed by atoms with Crippen LogP contribution in [-0.4, -0.2) is 61.4 Å². The van der Waals surface area contributed by atoms with Crippen molar-refractivity contribution in [3.63, 3.8) is 0 Å². The van der Waals surface area contributed by atoms with Crippen LogP contribution in [0.2, 0.25) is 0 Å². The Bertz CT molecular complexity index is 765. The van der Waals surface area contributed by atoms with Crippen molar-refractivity contribution in [2.24, 2.45) is 0 Å². The lowest BCUT2D eigenvalue weighted by molar-refractivity contribution is -0.121.